The van der Waals surface area contributed by atoms with Gasteiger partial charge in [-0.15, -0.1) is 0 Å². The third kappa shape index (κ3) is 4.93. The number of hydroxylamine groups is 2. The van der Waals surface area contributed by atoms with E-state index in [1.54, 1.807) is 17.0 Å². The Bertz CT molecular complexity index is 939. The summed E-state index contributed by atoms with van der Waals surface area (Å²) < 4.78 is 14.2. The number of carbonyl (C=O) groups excluding carboxylic acids is 1. The van der Waals surface area contributed by atoms with Crippen molar-refractivity contribution in [3.8, 4) is 0 Å². The lowest BCUT2D eigenvalue weighted by atomic mass is 10.1. The average Bonchev–Trinajstić information content (AvgIpc) is 3.02. The largest absolute Gasteiger partial charge is 0.618 e. The number of aliphatic hydroxyl groups is 1. The van der Waals surface area contributed by atoms with Gasteiger partial charge in [0.25, 0.3) is 0 Å². The molecule has 2 aromatic carbocycles. The SMILES string of the molecule is CC(=O)N1CCN(c2ccc(C(O)[N+]3([O-])CCCCC(c4ccccc4)S3)cc2F)CC1. The van der Waals surface area contributed by atoms with Crippen LogP contribution in [0.2, 0.25) is 0 Å². The molecule has 2 saturated heterocycles. The first-order valence-corrected chi connectivity index (χ1v) is 12.0. The fraction of sp³-hybridized carbons (Fsp3) is 0.458. The summed E-state index contributed by atoms with van der Waals surface area (Å²) in [6, 6.07) is 14.5. The van der Waals surface area contributed by atoms with Crippen molar-refractivity contribution in [2.45, 2.75) is 37.7 Å². The van der Waals surface area contributed by atoms with E-state index in [1.807, 2.05) is 35.2 Å². The van der Waals surface area contributed by atoms with Gasteiger partial charge in [-0.2, -0.15) is 0 Å². The number of piperazine rings is 1. The van der Waals surface area contributed by atoms with Gasteiger partial charge in [0.05, 0.1) is 29.4 Å². The summed E-state index contributed by atoms with van der Waals surface area (Å²) in [5.74, 6) is -0.430. The molecule has 0 aromatic heterocycles. The van der Waals surface area contributed by atoms with Crippen LogP contribution in [-0.2, 0) is 4.79 Å². The molecule has 2 fully saturated rings. The van der Waals surface area contributed by atoms with E-state index in [2.05, 4.69) is 0 Å². The first-order chi connectivity index (χ1) is 15.4. The number of hydrogen-bond donors (Lipinski definition) is 1. The van der Waals surface area contributed by atoms with Crippen molar-refractivity contribution in [1.29, 1.82) is 0 Å². The molecule has 3 atom stereocenters. The summed E-state index contributed by atoms with van der Waals surface area (Å²) in [6.45, 7) is 4.03. The van der Waals surface area contributed by atoms with E-state index in [9.17, 15) is 15.1 Å². The first-order valence-electron chi connectivity index (χ1n) is 11.2. The van der Waals surface area contributed by atoms with Gasteiger partial charge in [-0.05, 0) is 43.0 Å². The van der Waals surface area contributed by atoms with E-state index < -0.39 is 16.1 Å². The van der Waals surface area contributed by atoms with Gasteiger partial charge in [-0.3, -0.25) is 8.85 Å². The van der Waals surface area contributed by atoms with Crippen LogP contribution in [0.5, 0.6) is 0 Å². The maximum Gasteiger partial charge on any atom is 0.228 e. The third-order valence-corrected chi connectivity index (χ3v) is 7.87. The van der Waals surface area contributed by atoms with Crippen LogP contribution in [0, 0.1) is 11.0 Å². The Balaban J connectivity index is 1.50. The van der Waals surface area contributed by atoms with Crippen molar-refractivity contribution in [2.75, 3.05) is 37.6 Å². The van der Waals surface area contributed by atoms with Crippen molar-refractivity contribution >= 4 is 23.5 Å². The highest BCUT2D eigenvalue weighted by Crippen LogP contribution is 2.47. The molecule has 0 bridgehead atoms. The molecule has 0 radical (unpaired) electrons. The molecule has 2 heterocycles. The van der Waals surface area contributed by atoms with Gasteiger partial charge in [0.2, 0.25) is 12.1 Å². The normalized spacial score (nSPS) is 25.3. The Morgan fingerprint density at radius 2 is 1.88 bits per heavy atom. The number of quaternary nitrogens is 1. The van der Waals surface area contributed by atoms with E-state index in [4.69, 9.17) is 0 Å². The van der Waals surface area contributed by atoms with E-state index >= 15 is 4.39 Å². The molecule has 1 amide bonds. The molecule has 1 N–H and O–H groups in total. The standard InChI is InChI=1S/C24H30FN3O3S/c1-18(29)26-12-14-27(15-13-26)22-11-10-20(17-21(22)25)24(30)28(31)16-6-5-9-23(32-28)19-7-3-2-4-8-19/h2-4,7-8,10-11,17,23-24,30H,5-6,9,12-16H2,1H3. The lowest BCUT2D eigenvalue weighted by Gasteiger charge is -2.44. The number of carbonyl (C=O) groups is 1. The van der Waals surface area contributed by atoms with Crippen molar-refractivity contribution in [3.63, 3.8) is 0 Å². The van der Waals surface area contributed by atoms with Gasteiger partial charge in [-0.1, -0.05) is 30.3 Å². The molecule has 0 saturated carbocycles. The predicted octanol–water partition coefficient (Wildman–Crippen LogP) is 4.37. The van der Waals surface area contributed by atoms with Crippen LogP contribution in [-0.4, -0.2) is 52.7 Å². The zero-order chi connectivity index (χ0) is 22.7. The van der Waals surface area contributed by atoms with Gasteiger partial charge < -0.3 is 20.1 Å². The van der Waals surface area contributed by atoms with Crippen LogP contribution >= 0.6 is 11.9 Å². The zero-order valence-corrected chi connectivity index (χ0v) is 19.1. The summed E-state index contributed by atoms with van der Waals surface area (Å²) in [6.07, 6.45) is 1.16. The van der Waals surface area contributed by atoms with Crippen LogP contribution in [0.15, 0.2) is 48.5 Å². The second-order valence-electron chi connectivity index (χ2n) is 8.53. The van der Waals surface area contributed by atoms with Crippen LogP contribution < -0.4 is 4.90 Å². The summed E-state index contributed by atoms with van der Waals surface area (Å²) in [7, 11) is 0. The Morgan fingerprint density at radius 3 is 2.53 bits per heavy atom. The zero-order valence-electron chi connectivity index (χ0n) is 18.3. The lowest BCUT2D eigenvalue weighted by molar-refractivity contribution is -0.808. The minimum absolute atomic E-state index is 0.00691. The summed E-state index contributed by atoms with van der Waals surface area (Å²) in [4.78, 5) is 15.2. The van der Waals surface area contributed by atoms with Crippen molar-refractivity contribution < 1.29 is 18.3 Å². The fourth-order valence-corrected chi connectivity index (χ4v) is 5.94. The van der Waals surface area contributed by atoms with Crippen molar-refractivity contribution in [2.24, 2.45) is 0 Å². The number of benzene rings is 2. The first kappa shape index (κ1) is 23.0. The molecule has 3 unspecified atom stereocenters. The summed E-state index contributed by atoms with van der Waals surface area (Å²) in [5.41, 5.74) is 1.81. The monoisotopic (exact) mass is 459 g/mol. The van der Waals surface area contributed by atoms with E-state index in [0.29, 0.717) is 37.4 Å². The minimum atomic E-state index is -1.36. The highest BCUT2D eigenvalue weighted by Gasteiger charge is 2.37. The maximum absolute atomic E-state index is 15.0. The Hall–Kier alpha value is -2.13. The molecular formula is C24H30FN3O3S. The van der Waals surface area contributed by atoms with E-state index in [-0.39, 0.29) is 17.7 Å². The number of nitrogens with zero attached hydrogens (tertiary/aromatic N) is 3. The van der Waals surface area contributed by atoms with E-state index in [0.717, 1.165) is 24.8 Å². The number of aliphatic hydroxyl groups excluding tert-OH is 1. The van der Waals surface area contributed by atoms with Gasteiger partial charge in [0, 0.05) is 38.7 Å². The molecule has 32 heavy (non-hydrogen) atoms. The molecular weight excluding hydrogens is 429 g/mol. The number of amides is 1. The van der Waals surface area contributed by atoms with Gasteiger partial charge in [0.1, 0.15) is 5.82 Å². The molecule has 0 spiro atoms. The van der Waals surface area contributed by atoms with Gasteiger partial charge in [0.15, 0.2) is 0 Å². The summed E-state index contributed by atoms with van der Waals surface area (Å²) >= 11 is 1.21. The molecule has 6 nitrogen and oxygen atoms in total. The molecule has 4 rings (SSSR count). The third-order valence-electron chi connectivity index (χ3n) is 6.37. The van der Waals surface area contributed by atoms with Crippen LogP contribution in [0.1, 0.15) is 48.8 Å². The van der Waals surface area contributed by atoms with Crippen molar-refractivity contribution in [3.05, 3.63) is 70.7 Å². The second kappa shape index (κ2) is 9.79. The smallest absolute Gasteiger partial charge is 0.228 e. The Kier molecular flexibility index (Phi) is 7.05. The Morgan fingerprint density at radius 1 is 1.16 bits per heavy atom. The predicted molar refractivity (Wildman–Crippen MR) is 125 cm³/mol. The highest BCUT2D eigenvalue weighted by atomic mass is 32.2. The second-order valence-corrected chi connectivity index (χ2v) is 9.93. The molecule has 8 heteroatoms. The minimum Gasteiger partial charge on any atom is -0.618 e. The molecule has 2 aliphatic rings. The molecule has 0 aliphatic carbocycles. The topological polar surface area (TPSA) is 66.8 Å². The van der Waals surface area contributed by atoms with Crippen molar-refractivity contribution in [1.82, 2.24) is 4.90 Å². The molecule has 2 aliphatic heterocycles. The lowest BCUT2D eigenvalue weighted by Crippen LogP contribution is -2.48. The average molecular weight is 460 g/mol. The number of halogens is 1. The fourth-order valence-electron chi connectivity index (χ4n) is 4.49. The van der Waals surface area contributed by atoms with Crippen LogP contribution in [0.25, 0.3) is 0 Å². The van der Waals surface area contributed by atoms with Crippen LogP contribution in [0.4, 0.5) is 10.1 Å². The van der Waals surface area contributed by atoms with Crippen LogP contribution in [0.3, 0.4) is 0 Å². The molecule has 172 valence electrons. The quantitative estimate of drug-likeness (QED) is 0.418. The summed E-state index contributed by atoms with van der Waals surface area (Å²) in [5, 5.41) is 24.7. The Labute approximate surface area is 192 Å². The van der Waals surface area contributed by atoms with Gasteiger partial charge >= 0.3 is 0 Å². The maximum atomic E-state index is 15.0. The molecule has 2 aromatic rings. The number of anilines is 1. The van der Waals surface area contributed by atoms with E-state index in [1.165, 1.54) is 24.9 Å². The van der Waals surface area contributed by atoms with Gasteiger partial charge in [-0.25, -0.2) is 4.39 Å². The number of hydrogen-bond acceptors (Lipinski definition) is 5. The highest BCUT2D eigenvalue weighted by molar-refractivity contribution is 7.94. The number of rotatable bonds is 4.